The molecule has 1 saturated heterocycles. The van der Waals surface area contributed by atoms with Crippen LogP contribution < -0.4 is 5.32 Å². The Morgan fingerprint density at radius 2 is 1.86 bits per heavy atom. The van der Waals surface area contributed by atoms with E-state index in [-0.39, 0.29) is 28.8 Å². The summed E-state index contributed by atoms with van der Waals surface area (Å²) in [4.78, 5) is 37.0. The molecule has 0 spiro atoms. The highest BCUT2D eigenvalue weighted by Crippen LogP contribution is 2.39. The molecule has 5 rings (SSSR count). The predicted molar refractivity (Wildman–Crippen MR) is 152 cm³/mol. The molecule has 4 atom stereocenters. The van der Waals surface area contributed by atoms with E-state index in [0.717, 1.165) is 0 Å². The summed E-state index contributed by atoms with van der Waals surface area (Å²) in [6.45, 7) is -0.674. The summed E-state index contributed by atoms with van der Waals surface area (Å²) in [6, 6.07) is 13.8. The van der Waals surface area contributed by atoms with Gasteiger partial charge < -0.3 is 35.2 Å². The van der Waals surface area contributed by atoms with Crippen LogP contribution >= 0.6 is 11.6 Å². The van der Waals surface area contributed by atoms with Crippen molar-refractivity contribution in [3.63, 3.8) is 0 Å². The summed E-state index contributed by atoms with van der Waals surface area (Å²) in [6.07, 6.45) is 1.36. The molecule has 44 heavy (non-hydrogen) atoms. The number of hydrogen-bond acceptors (Lipinski definition) is 10. The van der Waals surface area contributed by atoms with Gasteiger partial charge in [-0.05, 0) is 34.9 Å². The lowest BCUT2D eigenvalue weighted by molar-refractivity contribution is -0.191. The first-order valence-corrected chi connectivity index (χ1v) is 13.4. The number of terminal acetylenes is 1. The minimum absolute atomic E-state index is 0.0613. The molecule has 2 aromatic heterocycles. The van der Waals surface area contributed by atoms with E-state index in [1.807, 2.05) is 0 Å². The van der Waals surface area contributed by atoms with Gasteiger partial charge in [-0.25, -0.2) is 19.0 Å². The van der Waals surface area contributed by atoms with Gasteiger partial charge in [0.05, 0.1) is 12.9 Å². The minimum atomic E-state index is -2.77. The van der Waals surface area contributed by atoms with E-state index in [4.69, 9.17) is 27.5 Å². The fourth-order valence-corrected chi connectivity index (χ4v) is 5.03. The second-order valence-corrected chi connectivity index (χ2v) is 10.3. The Labute approximate surface area is 253 Å². The standard InChI is InChI=1S/C29H25ClFN5O8/c1-2-28(42)19(14-43-29(25(38)39,26(40)41)12-16-7-4-3-5-8-16)44-24(21(28)37)36-15-33-20-22(34-27(30)35-23(20)36)32-13-17-9-6-10-18(31)11-17/h1,3-11,15,19,21,24,37,42H,12-14H2,(H,38,39)(H,40,41)(H,32,34,35)/t19-,21+,24-,28-/m1/s1. The number of carboxylic acid groups (broad SMARTS) is 2. The molecule has 15 heteroatoms. The van der Waals surface area contributed by atoms with Crippen LogP contribution in [0.4, 0.5) is 10.2 Å². The maximum absolute atomic E-state index is 13.6. The molecule has 0 unspecified atom stereocenters. The van der Waals surface area contributed by atoms with Crippen molar-refractivity contribution in [3.05, 3.63) is 83.2 Å². The van der Waals surface area contributed by atoms with Gasteiger partial charge in [0.15, 0.2) is 28.8 Å². The zero-order chi connectivity index (χ0) is 31.6. The third-order valence-corrected chi connectivity index (χ3v) is 7.40. The van der Waals surface area contributed by atoms with E-state index in [1.165, 1.54) is 35.2 Å². The van der Waals surface area contributed by atoms with Gasteiger partial charge >= 0.3 is 11.9 Å². The Bertz CT molecular complexity index is 1730. The first kappa shape index (κ1) is 30.8. The average Bonchev–Trinajstić information content (AvgIpc) is 3.52. The van der Waals surface area contributed by atoms with Crippen molar-refractivity contribution in [2.24, 2.45) is 0 Å². The fraction of sp³-hybridized carbons (Fsp3) is 0.276. The third-order valence-electron chi connectivity index (χ3n) is 7.23. The summed E-state index contributed by atoms with van der Waals surface area (Å²) in [5.41, 5.74) is -4.01. The quantitative estimate of drug-likeness (QED) is 0.0928. The van der Waals surface area contributed by atoms with Crippen molar-refractivity contribution in [2.45, 2.75) is 42.6 Å². The van der Waals surface area contributed by atoms with Gasteiger partial charge in [-0.1, -0.05) is 48.4 Å². The molecule has 0 saturated carbocycles. The van der Waals surface area contributed by atoms with Crippen LogP contribution in [-0.2, 0) is 32.0 Å². The number of ether oxygens (including phenoxy) is 2. The summed E-state index contributed by atoms with van der Waals surface area (Å²) >= 11 is 6.16. The molecule has 0 bridgehead atoms. The number of carbonyl (C=O) groups is 2. The predicted octanol–water partition coefficient (Wildman–Crippen LogP) is 2.02. The highest BCUT2D eigenvalue weighted by atomic mass is 35.5. The largest absolute Gasteiger partial charge is 0.479 e. The number of aliphatic hydroxyl groups is 2. The van der Waals surface area contributed by atoms with Crippen LogP contribution in [0.25, 0.3) is 11.2 Å². The Morgan fingerprint density at radius 3 is 2.52 bits per heavy atom. The molecule has 1 aliphatic heterocycles. The highest BCUT2D eigenvalue weighted by molar-refractivity contribution is 6.28. The first-order valence-electron chi connectivity index (χ1n) is 13.0. The minimum Gasteiger partial charge on any atom is -0.479 e. The van der Waals surface area contributed by atoms with E-state index >= 15 is 0 Å². The van der Waals surface area contributed by atoms with Crippen molar-refractivity contribution in [3.8, 4) is 12.3 Å². The molecular formula is C29H25ClFN5O8. The lowest BCUT2D eigenvalue weighted by atomic mass is 9.92. The zero-order valence-corrected chi connectivity index (χ0v) is 23.4. The zero-order valence-electron chi connectivity index (χ0n) is 22.7. The Balaban J connectivity index is 1.42. The molecule has 1 fully saturated rings. The monoisotopic (exact) mass is 625 g/mol. The van der Waals surface area contributed by atoms with Gasteiger partial charge in [-0.3, -0.25) is 4.57 Å². The number of nitrogens with zero attached hydrogens (tertiary/aromatic N) is 4. The van der Waals surface area contributed by atoms with Gasteiger partial charge in [0.1, 0.15) is 18.0 Å². The number of carboxylic acids is 2. The number of aliphatic hydroxyl groups excluding tert-OH is 1. The van der Waals surface area contributed by atoms with Gasteiger partial charge in [-0.2, -0.15) is 9.97 Å². The van der Waals surface area contributed by atoms with Crippen molar-refractivity contribution in [2.75, 3.05) is 11.9 Å². The first-order chi connectivity index (χ1) is 21.0. The SMILES string of the molecule is C#C[C@@]1(O)[C@@H](COC(Cc2ccccc2)(C(=O)O)C(=O)O)O[C@@H](n2cnc3c(NCc4cccc(F)c4)nc(Cl)nc32)[C@@H]1O. The summed E-state index contributed by atoms with van der Waals surface area (Å²) in [7, 11) is 0. The Hall–Kier alpha value is -4.65. The number of aliphatic carboxylic acids is 2. The van der Waals surface area contributed by atoms with Crippen molar-refractivity contribution in [1.82, 2.24) is 19.5 Å². The van der Waals surface area contributed by atoms with Crippen LogP contribution in [0.5, 0.6) is 0 Å². The third kappa shape index (κ3) is 5.66. The average molecular weight is 626 g/mol. The summed E-state index contributed by atoms with van der Waals surface area (Å²) < 4.78 is 26.2. The molecule has 13 nitrogen and oxygen atoms in total. The number of aromatic nitrogens is 4. The molecule has 228 valence electrons. The van der Waals surface area contributed by atoms with Gasteiger partial charge in [0, 0.05) is 13.0 Å². The van der Waals surface area contributed by atoms with E-state index in [2.05, 4.69) is 26.2 Å². The van der Waals surface area contributed by atoms with E-state index in [9.17, 15) is 34.4 Å². The summed E-state index contributed by atoms with van der Waals surface area (Å²) in [5, 5.41) is 45.0. The molecule has 2 aromatic carbocycles. The fourth-order valence-electron chi connectivity index (χ4n) is 4.87. The van der Waals surface area contributed by atoms with Crippen molar-refractivity contribution < 1.29 is 43.9 Å². The Morgan fingerprint density at radius 1 is 1.16 bits per heavy atom. The van der Waals surface area contributed by atoms with Crippen molar-refractivity contribution >= 4 is 40.5 Å². The number of imidazole rings is 1. The molecule has 0 radical (unpaired) electrons. The van der Waals surface area contributed by atoms with Crippen LogP contribution in [0, 0.1) is 18.2 Å². The van der Waals surface area contributed by atoms with Crippen LogP contribution in [-0.4, -0.2) is 81.9 Å². The van der Waals surface area contributed by atoms with Gasteiger partial charge in [0.25, 0.3) is 5.60 Å². The van der Waals surface area contributed by atoms with Crippen LogP contribution in [0.15, 0.2) is 60.9 Å². The molecule has 4 aromatic rings. The lowest BCUT2D eigenvalue weighted by Crippen LogP contribution is -2.55. The molecule has 0 amide bonds. The molecule has 1 aliphatic rings. The normalized spacial score (nSPS) is 21.7. The second kappa shape index (κ2) is 12.2. The Kier molecular flexibility index (Phi) is 8.51. The lowest BCUT2D eigenvalue weighted by Gasteiger charge is -2.30. The van der Waals surface area contributed by atoms with Crippen LogP contribution in [0.3, 0.4) is 0 Å². The topological polar surface area (TPSA) is 189 Å². The summed E-state index contributed by atoms with van der Waals surface area (Å²) in [5.74, 6) is -1.77. The highest BCUT2D eigenvalue weighted by Gasteiger charge is 2.58. The van der Waals surface area contributed by atoms with Crippen LogP contribution in [0.2, 0.25) is 5.28 Å². The number of hydrogen-bond donors (Lipinski definition) is 5. The molecular weight excluding hydrogens is 601 g/mol. The van der Waals surface area contributed by atoms with E-state index in [0.29, 0.717) is 11.1 Å². The number of anilines is 1. The van der Waals surface area contributed by atoms with Crippen molar-refractivity contribution in [1.29, 1.82) is 0 Å². The van der Waals surface area contributed by atoms with Crippen LogP contribution in [0.1, 0.15) is 17.4 Å². The maximum Gasteiger partial charge on any atom is 0.348 e. The van der Waals surface area contributed by atoms with E-state index < -0.39 is 60.4 Å². The molecule has 5 N–H and O–H groups in total. The maximum atomic E-state index is 13.6. The molecule has 3 heterocycles. The number of fused-ring (bicyclic) bond motifs is 1. The van der Waals surface area contributed by atoms with E-state index in [1.54, 1.807) is 30.3 Å². The number of halogens is 2. The number of benzene rings is 2. The number of rotatable bonds is 11. The smallest absolute Gasteiger partial charge is 0.348 e. The van der Waals surface area contributed by atoms with Gasteiger partial charge in [-0.15, -0.1) is 6.42 Å². The van der Waals surface area contributed by atoms with Gasteiger partial charge in [0.2, 0.25) is 5.28 Å². The second-order valence-electron chi connectivity index (χ2n) is 9.99. The molecule has 0 aliphatic carbocycles. The number of nitrogens with one attached hydrogen (secondary N) is 1.